The molecule has 0 unspecified atom stereocenters. The Morgan fingerprint density at radius 3 is 1.51 bits per heavy atom. The summed E-state index contributed by atoms with van der Waals surface area (Å²) in [5, 5.41) is 4.66. The van der Waals surface area contributed by atoms with E-state index in [2.05, 4.69) is 254 Å². The molecule has 0 saturated carbocycles. The van der Waals surface area contributed by atoms with Gasteiger partial charge in [-0.05, 0) is 131 Å². The molecule has 0 aliphatic carbocycles. The van der Waals surface area contributed by atoms with Crippen molar-refractivity contribution < 1.29 is 4.42 Å². The third-order valence-corrected chi connectivity index (χ3v) is 13.0. The normalized spacial score (nSPS) is 11.5. The zero-order chi connectivity index (χ0) is 43.4. The highest BCUT2D eigenvalue weighted by Crippen LogP contribution is 2.47. The maximum Gasteiger partial charge on any atom is 0.143 e. The highest BCUT2D eigenvalue weighted by Gasteiger charge is 2.23. The van der Waals surface area contributed by atoms with E-state index in [9.17, 15) is 0 Å². The minimum absolute atomic E-state index is 0.867. The summed E-state index contributed by atoms with van der Waals surface area (Å²) in [5.74, 6) is 0. The summed E-state index contributed by atoms with van der Waals surface area (Å²) in [4.78, 5) is 2.44. The van der Waals surface area contributed by atoms with Crippen molar-refractivity contribution in [3.63, 3.8) is 0 Å². The van der Waals surface area contributed by atoms with E-state index >= 15 is 0 Å². The molecule has 10 aromatic carbocycles. The minimum atomic E-state index is 0.867. The summed E-state index contributed by atoms with van der Waals surface area (Å²) in [7, 11) is 0. The minimum Gasteiger partial charge on any atom is -0.455 e. The van der Waals surface area contributed by atoms with E-state index in [0.717, 1.165) is 55.8 Å². The van der Waals surface area contributed by atoms with Gasteiger partial charge in [0.05, 0.1) is 11.0 Å². The number of rotatable bonds is 8. The van der Waals surface area contributed by atoms with Crippen LogP contribution in [0.2, 0.25) is 0 Å². The molecule has 65 heavy (non-hydrogen) atoms. The highest BCUT2D eigenvalue weighted by molar-refractivity contribution is 6.12. The van der Waals surface area contributed by atoms with Gasteiger partial charge in [0.2, 0.25) is 0 Å². The van der Waals surface area contributed by atoms with Crippen molar-refractivity contribution in [2.75, 3.05) is 4.90 Å². The molecule has 0 aliphatic heterocycles. The molecule has 3 heteroatoms. The second kappa shape index (κ2) is 15.7. The van der Waals surface area contributed by atoms with E-state index in [4.69, 9.17) is 4.42 Å². The fourth-order valence-electron chi connectivity index (χ4n) is 10.1. The number of anilines is 3. The molecular weight excluding hydrogens is 789 g/mol. The summed E-state index contributed by atoms with van der Waals surface area (Å²) < 4.78 is 9.19. The first-order valence-electron chi connectivity index (χ1n) is 22.3. The molecule has 3 nitrogen and oxygen atoms in total. The Labute approximate surface area is 378 Å². The predicted molar refractivity (Wildman–Crippen MR) is 274 cm³/mol. The lowest BCUT2D eigenvalue weighted by atomic mass is 9.90. The lowest BCUT2D eigenvalue weighted by molar-refractivity contribution is 0.670. The Balaban J connectivity index is 1.09. The quantitative estimate of drug-likeness (QED) is 0.152. The second-order valence-electron chi connectivity index (χ2n) is 17.0. The molecule has 12 rings (SSSR count). The molecule has 0 saturated heterocycles. The molecule has 0 radical (unpaired) electrons. The Bertz CT molecular complexity index is 3660. The van der Waals surface area contributed by atoms with Crippen LogP contribution >= 0.6 is 0 Å². The maximum atomic E-state index is 6.82. The molecule has 0 fully saturated rings. The molecule has 0 amide bonds. The fourth-order valence-corrected chi connectivity index (χ4v) is 10.1. The van der Waals surface area contributed by atoms with E-state index in [-0.39, 0.29) is 0 Å². The second-order valence-corrected chi connectivity index (χ2v) is 17.0. The molecule has 0 aliphatic rings. The molecule has 0 bridgehead atoms. The van der Waals surface area contributed by atoms with E-state index in [1.807, 2.05) is 0 Å². The fraction of sp³-hybridized carbons (Fsp3) is 0.0323. The molecule has 0 spiro atoms. The van der Waals surface area contributed by atoms with Gasteiger partial charge in [0.15, 0.2) is 0 Å². The summed E-state index contributed by atoms with van der Waals surface area (Å²) in [5.41, 5.74) is 20.2. The predicted octanol–water partition coefficient (Wildman–Crippen LogP) is 17.4. The zero-order valence-electron chi connectivity index (χ0n) is 36.2. The van der Waals surface area contributed by atoms with Gasteiger partial charge in [0.1, 0.15) is 11.2 Å². The monoisotopic (exact) mass is 832 g/mol. The number of hydrogen-bond acceptors (Lipinski definition) is 2. The SMILES string of the molecule is Cc1cc(N(c2cc(C)c(-c3ccccc3)c(-c3ccccc3)c2)c2cc(-c3ccc(-n4c5ccccc5c5ccccc54)cc3)c3oc4ccccc4c3c2)ccc1-c1ccccc1. The van der Waals surface area contributed by atoms with Crippen molar-refractivity contribution in [2.45, 2.75) is 13.8 Å². The lowest BCUT2D eigenvalue weighted by Crippen LogP contribution is -2.11. The number of aryl methyl sites for hydroxylation is 2. The Morgan fingerprint density at radius 2 is 0.862 bits per heavy atom. The van der Waals surface area contributed by atoms with Gasteiger partial charge in [-0.25, -0.2) is 0 Å². The van der Waals surface area contributed by atoms with Gasteiger partial charge >= 0.3 is 0 Å². The van der Waals surface area contributed by atoms with Crippen molar-refractivity contribution in [3.8, 4) is 50.2 Å². The van der Waals surface area contributed by atoms with Crippen LogP contribution in [0.25, 0.3) is 93.9 Å². The van der Waals surface area contributed by atoms with Crippen molar-refractivity contribution in [1.29, 1.82) is 0 Å². The average Bonchev–Trinajstić information content (AvgIpc) is 3.91. The van der Waals surface area contributed by atoms with Gasteiger partial charge in [0.25, 0.3) is 0 Å². The van der Waals surface area contributed by atoms with Crippen LogP contribution < -0.4 is 4.90 Å². The van der Waals surface area contributed by atoms with E-state index in [1.165, 1.54) is 66.3 Å². The number of benzene rings is 10. The highest BCUT2D eigenvalue weighted by atomic mass is 16.3. The van der Waals surface area contributed by atoms with Gasteiger partial charge in [0, 0.05) is 49.9 Å². The Kier molecular flexibility index (Phi) is 9.28. The third-order valence-electron chi connectivity index (χ3n) is 13.0. The third kappa shape index (κ3) is 6.60. The van der Waals surface area contributed by atoms with Crippen LogP contribution in [0.5, 0.6) is 0 Å². The van der Waals surface area contributed by atoms with Crippen molar-refractivity contribution >= 4 is 60.8 Å². The van der Waals surface area contributed by atoms with Crippen LogP contribution in [0, 0.1) is 13.8 Å². The average molecular weight is 833 g/mol. The number of para-hydroxylation sites is 3. The van der Waals surface area contributed by atoms with E-state index in [0.29, 0.717) is 0 Å². The number of fused-ring (bicyclic) bond motifs is 6. The number of nitrogens with zero attached hydrogens (tertiary/aromatic N) is 2. The molecule has 308 valence electrons. The van der Waals surface area contributed by atoms with Crippen LogP contribution in [0.15, 0.2) is 235 Å². The van der Waals surface area contributed by atoms with Crippen molar-refractivity contribution in [3.05, 3.63) is 242 Å². The van der Waals surface area contributed by atoms with Crippen LogP contribution in [0.3, 0.4) is 0 Å². The number of hydrogen-bond donors (Lipinski definition) is 0. The molecule has 0 atom stereocenters. The van der Waals surface area contributed by atoms with Crippen LogP contribution in [0.1, 0.15) is 11.1 Å². The van der Waals surface area contributed by atoms with Crippen LogP contribution in [-0.2, 0) is 0 Å². The zero-order valence-corrected chi connectivity index (χ0v) is 36.2. The Hall–Kier alpha value is -8.40. The smallest absolute Gasteiger partial charge is 0.143 e. The van der Waals surface area contributed by atoms with E-state index < -0.39 is 0 Å². The maximum absolute atomic E-state index is 6.82. The van der Waals surface area contributed by atoms with Crippen LogP contribution in [-0.4, -0.2) is 4.57 Å². The summed E-state index contributed by atoms with van der Waals surface area (Å²) in [6, 6.07) is 83.3. The lowest BCUT2D eigenvalue weighted by Gasteiger charge is -2.29. The molecule has 12 aromatic rings. The summed E-state index contributed by atoms with van der Waals surface area (Å²) in [6.45, 7) is 4.47. The van der Waals surface area contributed by atoms with Crippen LogP contribution in [0.4, 0.5) is 17.1 Å². The Morgan fingerprint density at radius 1 is 0.354 bits per heavy atom. The molecule has 2 aromatic heterocycles. The summed E-state index contributed by atoms with van der Waals surface area (Å²) in [6.07, 6.45) is 0. The topological polar surface area (TPSA) is 21.3 Å². The van der Waals surface area contributed by atoms with Gasteiger partial charge < -0.3 is 13.9 Å². The molecule has 2 heterocycles. The number of furan rings is 1. The summed E-state index contributed by atoms with van der Waals surface area (Å²) >= 11 is 0. The van der Waals surface area contributed by atoms with E-state index in [1.54, 1.807) is 0 Å². The van der Waals surface area contributed by atoms with Crippen molar-refractivity contribution in [2.24, 2.45) is 0 Å². The van der Waals surface area contributed by atoms with Gasteiger partial charge in [-0.15, -0.1) is 0 Å². The molecular formula is C62H44N2O. The van der Waals surface area contributed by atoms with Crippen molar-refractivity contribution in [1.82, 2.24) is 4.57 Å². The molecule has 0 N–H and O–H groups in total. The van der Waals surface area contributed by atoms with Gasteiger partial charge in [-0.1, -0.05) is 164 Å². The first-order chi connectivity index (χ1) is 32.1. The largest absolute Gasteiger partial charge is 0.455 e. The first kappa shape index (κ1) is 38.3. The first-order valence-corrected chi connectivity index (χ1v) is 22.3. The number of aromatic nitrogens is 1. The van der Waals surface area contributed by atoms with Gasteiger partial charge in [-0.3, -0.25) is 0 Å². The standard InChI is InChI=1S/C62H44N2O/c1-41-36-48(34-35-51(41)43-18-6-3-7-19-43)63(49-37-42(2)61(46-22-10-5-11-23-46)55(38-49)44-20-8-4-9-21-44)50-39-56(62-57(40-50)54-26-14-17-29-60(54)65-62)45-30-32-47(33-31-45)64-58-27-15-12-24-52(58)53-25-13-16-28-59(53)64/h3-40H,1-2H3. The van der Waals surface area contributed by atoms with Gasteiger partial charge in [-0.2, -0.15) is 0 Å².